The van der Waals surface area contributed by atoms with E-state index < -0.39 is 11.1 Å². The summed E-state index contributed by atoms with van der Waals surface area (Å²) in [6, 6.07) is 4.16. The van der Waals surface area contributed by atoms with Gasteiger partial charge in [-0.3, -0.25) is 4.79 Å². The van der Waals surface area contributed by atoms with E-state index in [1.807, 2.05) is 20.8 Å². The predicted molar refractivity (Wildman–Crippen MR) is 107 cm³/mol. The van der Waals surface area contributed by atoms with Crippen LogP contribution in [0, 0.1) is 26.6 Å². The lowest BCUT2D eigenvalue weighted by Gasteiger charge is -2.13. The number of rotatable bonds is 4. The van der Waals surface area contributed by atoms with Crippen molar-refractivity contribution in [2.24, 2.45) is 0 Å². The number of carbonyl (C=O) groups is 1. The van der Waals surface area contributed by atoms with Crippen LogP contribution in [0.2, 0.25) is 5.02 Å². The number of aryl methyl sites for hydroxylation is 3. The fraction of sp³-hybridized carbons (Fsp3) is 0.278. The molecule has 4 nitrogen and oxygen atoms in total. The first-order valence-electron chi connectivity index (χ1n) is 7.93. The van der Waals surface area contributed by atoms with Crippen molar-refractivity contribution in [1.82, 2.24) is 9.97 Å². The van der Waals surface area contributed by atoms with Crippen molar-refractivity contribution >= 4 is 56.5 Å². The molecule has 1 amide bonds. The van der Waals surface area contributed by atoms with Gasteiger partial charge in [-0.25, -0.2) is 14.4 Å². The van der Waals surface area contributed by atoms with Gasteiger partial charge in [0.1, 0.15) is 21.5 Å². The molecule has 0 saturated heterocycles. The van der Waals surface area contributed by atoms with E-state index >= 15 is 0 Å². The van der Waals surface area contributed by atoms with Crippen molar-refractivity contribution in [3.63, 3.8) is 0 Å². The summed E-state index contributed by atoms with van der Waals surface area (Å²) in [6.45, 7) is 7.68. The lowest BCUT2D eigenvalue weighted by molar-refractivity contribution is -0.115. The van der Waals surface area contributed by atoms with E-state index in [9.17, 15) is 9.18 Å². The summed E-state index contributed by atoms with van der Waals surface area (Å²) in [5.74, 6) is -0.199. The Bertz CT molecular complexity index is 1010. The summed E-state index contributed by atoms with van der Waals surface area (Å²) in [5, 5.41) is 4.19. The number of nitrogens with one attached hydrogen (secondary N) is 1. The van der Waals surface area contributed by atoms with Gasteiger partial charge in [0, 0.05) is 15.3 Å². The third-order valence-electron chi connectivity index (χ3n) is 3.95. The molecule has 0 unspecified atom stereocenters. The van der Waals surface area contributed by atoms with Gasteiger partial charge in [-0.05, 0) is 51.5 Å². The zero-order valence-corrected chi connectivity index (χ0v) is 17.1. The number of thioether (sulfide) groups is 1. The Hall–Kier alpha value is -1.70. The van der Waals surface area contributed by atoms with Crippen LogP contribution in [0.4, 0.5) is 10.1 Å². The quantitative estimate of drug-likeness (QED) is 0.454. The first-order valence-corrected chi connectivity index (χ1v) is 10.0. The topological polar surface area (TPSA) is 54.9 Å². The molecule has 0 bridgehead atoms. The van der Waals surface area contributed by atoms with Gasteiger partial charge in [-0.15, -0.1) is 11.3 Å². The molecule has 0 spiro atoms. The highest BCUT2D eigenvalue weighted by Gasteiger charge is 2.21. The summed E-state index contributed by atoms with van der Waals surface area (Å²) >= 11 is 8.71. The predicted octanol–water partition coefficient (Wildman–Crippen LogP) is 5.53. The summed E-state index contributed by atoms with van der Waals surface area (Å²) in [5.41, 5.74) is 1.24. The molecule has 0 aliphatic heterocycles. The van der Waals surface area contributed by atoms with Gasteiger partial charge in [0.05, 0.1) is 10.9 Å². The van der Waals surface area contributed by atoms with Gasteiger partial charge in [0.2, 0.25) is 5.91 Å². The average molecular weight is 410 g/mol. The molecule has 8 heteroatoms. The third kappa shape index (κ3) is 3.84. The average Bonchev–Trinajstić information content (AvgIpc) is 2.84. The maximum atomic E-state index is 13.9. The van der Waals surface area contributed by atoms with Crippen LogP contribution >= 0.6 is 34.7 Å². The number of nitrogens with zero attached hydrogens (tertiary/aromatic N) is 2. The molecule has 1 aromatic carbocycles. The van der Waals surface area contributed by atoms with E-state index in [2.05, 4.69) is 15.3 Å². The molecule has 1 atom stereocenters. The van der Waals surface area contributed by atoms with Crippen molar-refractivity contribution in [1.29, 1.82) is 0 Å². The van der Waals surface area contributed by atoms with Gasteiger partial charge in [0.15, 0.2) is 0 Å². The molecule has 0 radical (unpaired) electrons. The van der Waals surface area contributed by atoms with Crippen molar-refractivity contribution in [2.45, 2.75) is 38.0 Å². The van der Waals surface area contributed by atoms with Crippen LogP contribution in [-0.4, -0.2) is 21.1 Å². The van der Waals surface area contributed by atoms with Gasteiger partial charge >= 0.3 is 0 Å². The van der Waals surface area contributed by atoms with E-state index in [1.165, 1.54) is 34.8 Å². The Labute approximate surface area is 164 Å². The minimum absolute atomic E-state index is 0.110. The minimum Gasteiger partial charge on any atom is -0.323 e. The van der Waals surface area contributed by atoms with Crippen LogP contribution < -0.4 is 5.32 Å². The number of anilines is 1. The lowest BCUT2D eigenvalue weighted by atomic mass is 10.2. The highest BCUT2D eigenvalue weighted by atomic mass is 35.5. The number of carbonyl (C=O) groups excluding carboxylic acids is 1. The Morgan fingerprint density at radius 1 is 1.31 bits per heavy atom. The molecule has 0 fully saturated rings. The summed E-state index contributed by atoms with van der Waals surface area (Å²) in [7, 11) is 0. The van der Waals surface area contributed by atoms with E-state index in [1.54, 1.807) is 18.3 Å². The van der Waals surface area contributed by atoms with Gasteiger partial charge in [-0.2, -0.15) is 0 Å². The maximum absolute atomic E-state index is 13.9. The smallest absolute Gasteiger partial charge is 0.237 e. The Morgan fingerprint density at radius 3 is 2.73 bits per heavy atom. The van der Waals surface area contributed by atoms with Crippen LogP contribution in [-0.2, 0) is 4.79 Å². The highest BCUT2D eigenvalue weighted by molar-refractivity contribution is 8.00. The Balaban J connectivity index is 1.84. The van der Waals surface area contributed by atoms with Crippen LogP contribution in [0.25, 0.3) is 10.2 Å². The first kappa shape index (κ1) is 19.1. The van der Waals surface area contributed by atoms with Gasteiger partial charge in [-0.1, -0.05) is 23.4 Å². The molecule has 1 N–H and O–H groups in total. The number of fused-ring (bicyclic) bond motifs is 1. The number of hydrogen-bond acceptors (Lipinski definition) is 5. The van der Waals surface area contributed by atoms with Crippen molar-refractivity contribution in [2.75, 3.05) is 5.32 Å². The number of thiophene rings is 1. The normalized spacial score (nSPS) is 12.4. The summed E-state index contributed by atoms with van der Waals surface area (Å²) in [6.07, 6.45) is 0. The molecule has 0 saturated carbocycles. The second-order valence-electron chi connectivity index (χ2n) is 5.91. The number of aromatic nitrogens is 2. The van der Waals surface area contributed by atoms with Crippen molar-refractivity contribution < 1.29 is 9.18 Å². The highest BCUT2D eigenvalue weighted by Crippen LogP contribution is 2.36. The summed E-state index contributed by atoms with van der Waals surface area (Å²) in [4.78, 5) is 23.6. The molecule has 2 aromatic heterocycles. The zero-order chi connectivity index (χ0) is 19.0. The van der Waals surface area contributed by atoms with Gasteiger partial charge in [0.25, 0.3) is 0 Å². The number of benzene rings is 1. The maximum Gasteiger partial charge on any atom is 0.237 e. The lowest BCUT2D eigenvalue weighted by Crippen LogP contribution is -2.23. The monoisotopic (exact) mass is 409 g/mol. The van der Waals surface area contributed by atoms with Crippen LogP contribution in [0.1, 0.15) is 23.2 Å². The molecule has 0 aliphatic rings. The van der Waals surface area contributed by atoms with Crippen LogP contribution in [0.15, 0.2) is 23.2 Å². The molecule has 3 rings (SSSR count). The Morgan fingerprint density at radius 2 is 2.04 bits per heavy atom. The van der Waals surface area contributed by atoms with Crippen LogP contribution in [0.5, 0.6) is 0 Å². The third-order valence-corrected chi connectivity index (χ3v) is 6.38. The van der Waals surface area contributed by atoms with Gasteiger partial charge < -0.3 is 5.32 Å². The Kier molecular flexibility index (Phi) is 5.50. The first-order chi connectivity index (χ1) is 12.3. The fourth-order valence-electron chi connectivity index (χ4n) is 2.45. The van der Waals surface area contributed by atoms with E-state index in [4.69, 9.17) is 11.6 Å². The number of hydrogen-bond donors (Lipinski definition) is 1. The largest absolute Gasteiger partial charge is 0.323 e. The molecule has 0 aliphatic carbocycles. The van der Waals surface area contributed by atoms with E-state index in [-0.39, 0.29) is 16.6 Å². The van der Waals surface area contributed by atoms with Crippen molar-refractivity contribution in [3.05, 3.63) is 45.3 Å². The minimum atomic E-state index is -0.562. The van der Waals surface area contributed by atoms with E-state index in [0.29, 0.717) is 5.82 Å². The second-order valence-corrected chi connectivity index (χ2v) is 8.88. The molecule has 2 heterocycles. The zero-order valence-electron chi connectivity index (χ0n) is 14.7. The molecular formula is C18H17ClFN3OS2. The standard InChI is InChI=1S/C18H17ClFN3OS2/c1-8-9(2)25-17-15(8)18(22-11(4)21-17)26-10(3)16(24)23-14-6-5-12(19)7-13(14)20/h5-7,10H,1-4H3,(H,23,24)/t10-/m1/s1. The fourth-order valence-corrected chi connectivity index (χ4v) is 4.80. The molecule has 136 valence electrons. The van der Waals surface area contributed by atoms with Crippen molar-refractivity contribution in [3.8, 4) is 0 Å². The SMILES string of the molecule is Cc1nc(S[C@H](C)C(=O)Nc2ccc(Cl)cc2F)c2c(C)c(C)sc2n1. The summed E-state index contributed by atoms with van der Waals surface area (Å²) < 4.78 is 13.9. The van der Waals surface area contributed by atoms with Crippen LogP contribution in [0.3, 0.4) is 0 Å². The number of halogens is 2. The molecule has 26 heavy (non-hydrogen) atoms. The second kappa shape index (κ2) is 7.50. The van der Waals surface area contributed by atoms with E-state index in [0.717, 1.165) is 20.8 Å². The molecule has 3 aromatic rings. The number of amides is 1. The molecular weight excluding hydrogens is 393 g/mol.